The predicted molar refractivity (Wildman–Crippen MR) is 131 cm³/mol. The molecule has 2 heterocycles. The highest BCUT2D eigenvalue weighted by molar-refractivity contribution is 6.05. The molecule has 0 unspecified atom stereocenters. The third-order valence-corrected chi connectivity index (χ3v) is 6.75. The van der Waals surface area contributed by atoms with Crippen LogP contribution in [-0.2, 0) is 0 Å². The van der Waals surface area contributed by atoms with Gasteiger partial charge in [0.05, 0.1) is 17.3 Å². The Morgan fingerprint density at radius 1 is 1.08 bits per heavy atom. The van der Waals surface area contributed by atoms with E-state index >= 15 is 0 Å². The van der Waals surface area contributed by atoms with E-state index in [1.165, 1.54) is 18.3 Å². The van der Waals surface area contributed by atoms with E-state index in [1.54, 1.807) is 12.1 Å². The van der Waals surface area contributed by atoms with Gasteiger partial charge in [-0.15, -0.1) is 0 Å². The van der Waals surface area contributed by atoms with Gasteiger partial charge in [0.2, 0.25) is 0 Å². The third-order valence-electron chi connectivity index (χ3n) is 6.75. The van der Waals surface area contributed by atoms with Crippen LogP contribution in [0.2, 0.25) is 0 Å². The summed E-state index contributed by atoms with van der Waals surface area (Å²) in [6.45, 7) is 0. The maximum absolute atomic E-state index is 14.6. The second kappa shape index (κ2) is 10.0. The highest BCUT2D eigenvalue weighted by atomic mass is 19.1. The molecule has 2 atom stereocenters. The number of aromatic amines is 1. The number of rotatable bonds is 7. The number of carboxylic acid groups (broad SMARTS) is 1. The first kappa shape index (κ1) is 24.5. The van der Waals surface area contributed by atoms with E-state index in [0.29, 0.717) is 12.0 Å². The summed E-state index contributed by atoms with van der Waals surface area (Å²) < 4.78 is 42.5. The van der Waals surface area contributed by atoms with Gasteiger partial charge in [0.1, 0.15) is 11.6 Å². The molecule has 4 aromatic rings. The van der Waals surface area contributed by atoms with E-state index in [9.17, 15) is 27.9 Å². The normalized spacial score (nSPS) is 17.6. The van der Waals surface area contributed by atoms with Crippen molar-refractivity contribution in [1.29, 1.82) is 0 Å². The summed E-state index contributed by atoms with van der Waals surface area (Å²) in [6, 6.07) is 7.90. The first-order valence-electron chi connectivity index (χ1n) is 11.9. The maximum Gasteiger partial charge on any atom is 0.336 e. The molecule has 0 amide bonds. The number of Topliss-reactive ketones (excluding diaryl/α,β-unsaturated/α-hetero) is 1. The van der Waals surface area contributed by atoms with Gasteiger partial charge < -0.3 is 15.4 Å². The molecule has 0 bridgehead atoms. The zero-order valence-corrected chi connectivity index (χ0v) is 19.6. The Kier molecular flexibility index (Phi) is 6.64. The molecule has 5 rings (SSSR count). The number of anilines is 1. The molecule has 2 aromatic carbocycles. The SMILES string of the molecule is O=C(O)c1ccccc1C(=O)C[C@@H]1CCC[C@H](Nc2nc(-c3c[nH]c4c(F)cc(F)cc34)ncc2F)C1. The lowest BCUT2D eigenvalue weighted by molar-refractivity contribution is 0.0691. The van der Waals surface area contributed by atoms with Crippen LogP contribution in [0.5, 0.6) is 0 Å². The number of aromatic carboxylic acids is 1. The average Bonchev–Trinajstić information content (AvgIpc) is 3.30. The van der Waals surface area contributed by atoms with Gasteiger partial charge >= 0.3 is 5.97 Å². The van der Waals surface area contributed by atoms with E-state index in [1.807, 2.05) is 0 Å². The Balaban J connectivity index is 1.32. The van der Waals surface area contributed by atoms with Crippen molar-refractivity contribution in [3.63, 3.8) is 0 Å². The van der Waals surface area contributed by atoms with Gasteiger partial charge in [0.15, 0.2) is 23.2 Å². The molecule has 1 aliphatic rings. The number of carboxylic acids is 1. The topological polar surface area (TPSA) is 108 Å². The number of H-pyrrole nitrogens is 1. The van der Waals surface area contributed by atoms with Crippen molar-refractivity contribution in [2.75, 3.05) is 5.32 Å². The number of hydrogen-bond donors (Lipinski definition) is 3. The maximum atomic E-state index is 14.6. The highest BCUT2D eigenvalue weighted by Crippen LogP contribution is 2.32. The zero-order chi connectivity index (χ0) is 26.1. The summed E-state index contributed by atoms with van der Waals surface area (Å²) in [4.78, 5) is 35.4. The van der Waals surface area contributed by atoms with Gasteiger partial charge in [-0.3, -0.25) is 4.79 Å². The molecule has 0 saturated heterocycles. The lowest BCUT2D eigenvalue weighted by Gasteiger charge is -2.30. The van der Waals surface area contributed by atoms with Crippen LogP contribution >= 0.6 is 0 Å². The van der Waals surface area contributed by atoms with Crippen molar-refractivity contribution in [1.82, 2.24) is 15.0 Å². The van der Waals surface area contributed by atoms with Gasteiger partial charge in [0.25, 0.3) is 0 Å². The molecule has 0 spiro atoms. The number of nitrogens with zero attached hydrogens (tertiary/aromatic N) is 2. The molecule has 190 valence electrons. The van der Waals surface area contributed by atoms with Gasteiger partial charge in [-0.25, -0.2) is 27.9 Å². The Bertz CT molecular complexity index is 1500. The van der Waals surface area contributed by atoms with E-state index in [4.69, 9.17) is 0 Å². The number of nitrogens with one attached hydrogen (secondary N) is 2. The van der Waals surface area contributed by atoms with Crippen molar-refractivity contribution in [3.05, 3.63) is 77.4 Å². The quantitative estimate of drug-likeness (QED) is 0.265. The molecule has 0 aliphatic heterocycles. The third kappa shape index (κ3) is 5.04. The number of hydrogen-bond acceptors (Lipinski definition) is 5. The number of benzene rings is 2. The zero-order valence-electron chi connectivity index (χ0n) is 19.6. The van der Waals surface area contributed by atoms with Gasteiger partial charge in [0, 0.05) is 41.2 Å². The second-order valence-electron chi connectivity index (χ2n) is 9.25. The van der Waals surface area contributed by atoms with E-state index in [2.05, 4.69) is 20.3 Å². The van der Waals surface area contributed by atoms with Gasteiger partial charge in [-0.05, 0) is 37.3 Å². The Labute approximate surface area is 209 Å². The summed E-state index contributed by atoms with van der Waals surface area (Å²) in [6.07, 6.45) is 5.54. The van der Waals surface area contributed by atoms with Crippen molar-refractivity contribution in [3.8, 4) is 11.4 Å². The van der Waals surface area contributed by atoms with Crippen LogP contribution in [0.4, 0.5) is 19.0 Å². The van der Waals surface area contributed by atoms with Crippen LogP contribution in [0, 0.1) is 23.4 Å². The molecule has 10 heteroatoms. The van der Waals surface area contributed by atoms with Crippen LogP contribution in [0.25, 0.3) is 22.3 Å². The van der Waals surface area contributed by atoms with Crippen molar-refractivity contribution in [2.24, 2.45) is 5.92 Å². The minimum absolute atomic E-state index is 0.00969. The fraction of sp³-hybridized carbons (Fsp3) is 0.259. The summed E-state index contributed by atoms with van der Waals surface area (Å²) in [5.41, 5.74) is 0.595. The first-order chi connectivity index (χ1) is 17.8. The average molecular weight is 509 g/mol. The highest BCUT2D eigenvalue weighted by Gasteiger charge is 2.27. The summed E-state index contributed by atoms with van der Waals surface area (Å²) in [5, 5.41) is 12.7. The van der Waals surface area contributed by atoms with Crippen LogP contribution in [0.3, 0.4) is 0 Å². The van der Waals surface area contributed by atoms with E-state index in [0.717, 1.165) is 37.6 Å². The number of carbonyl (C=O) groups excluding carboxylic acids is 1. The Hall–Kier alpha value is -4.21. The summed E-state index contributed by atoms with van der Waals surface area (Å²) >= 11 is 0. The molecule has 1 aliphatic carbocycles. The van der Waals surface area contributed by atoms with Crippen molar-refractivity contribution in [2.45, 2.75) is 38.1 Å². The molecule has 1 fully saturated rings. The summed E-state index contributed by atoms with van der Waals surface area (Å²) in [7, 11) is 0. The van der Waals surface area contributed by atoms with Crippen LogP contribution in [0.15, 0.2) is 48.8 Å². The Morgan fingerprint density at radius 3 is 2.65 bits per heavy atom. The monoisotopic (exact) mass is 508 g/mol. The van der Waals surface area contributed by atoms with Crippen LogP contribution < -0.4 is 5.32 Å². The molecule has 1 saturated carbocycles. The first-order valence-corrected chi connectivity index (χ1v) is 11.9. The molecule has 2 aromatic heterocycles. The lowest BCUT2D eigenvalue weighted by Crippen LogP contribution is -2.29. The molecular formula is C27H23F3N4O3. The van der Waals surface area contributed by atoms with Crippen molar-refractivity contribution >= 4 is 28.5 Å². The number of halogens is 3. The van der Waals surface area contributed by atoms with Gasteiger partial charge in [-0.2, -0.15) is 0 Å². The number of ketones is 1. The number of carbonyl (C=O) groups is 2. The number of aromatic nitrogens is 3. The van der Waals surface area contributed by atoms with E-state index < -0.39 is 23.4 Å². The molecule has 7 nitrogen and oxygen atoms in total. The van der Waals surface area contributed by atoms with E-state index in [-0.39, 0.29) is 57.8 Å². The molecule has 3 N–H and O–H groups in total. The largest absolute Gasteiger partial charge is 0.478 e. The molecule has 37 heavy (non-hydrogen) atoms. The fourth-order valence-corrected chi connectivity index (χ4v) is 5.02. The lowest BCUT2D eigenvalue weighted by atomic mass is 9.81. The fourth-order valence-electron chi connectivity index (χ4n) is 5.02. The standard InChI is InChI=1S/C27H23F3N4O3/c28-15-10-19-20(12-31-24(19)21(29)11-15)25-32-13-22(30)26(34-25)33-16-5-3-4-14(8-16)9-23(35)17-6-1-2-7-18(17)27(36)37/h1-2,6-7,10-14,16,31H,3-5,8-9H2,(H,36,37)(H,32,33,34)/t14-,16+/m1/s1. The smallest absolute Gasteiger partial charge is 0.336 e. The second-order valence-corrected chi connectivity index (χ2v) is 9.25. The van der Waals surface area contributed by atoms with Crippen LogP contribution in [-0.4, -0.2) is 37.9 Å². The molecular weight excluding hydrogens is 485 g/mol. The van der Waals surface area contributed by atoms with Crippen molar-refractivity contribution < 1.29 is 27.9 Å². The predicted octanol–water partition coefficient (Wildman–Crippen LogP) is 5.98. The Morgan fingerprint density at radius 2 is 1.86 bits per heavy atom. The summed E-state index contributed by atoms with van der Waals surface area (Å²) in [5.74, 6) is -3.51. The van der Waals surface area contributed by atoms with Gasteiger partial charge in [-0.1, -0.05) is 24.6 Å². The minimum Gasteiger partial charge on any atom is -0.478 e. The minimum atomic E-state index is -1.15. The number of fused-ring (bicyclic) bond motifs is 1. The van der Waals surface area contributed by atoms with Crippen LogP contribution in [0.1, 0.15) is 52.8 Å². The molecule has 0 radical (unpaired) electrons.